The molecule has 1 unspecified atom stereocenters. The number of hydrogen-bond acceptors (Lipinski definition) is 6. The van der Waals surface area contributed by atoms with Crippen LogP contribution in [-0.2, 0) is 4.74 Å². The van der Waals surface area contributed by atoms with Crippen LogP contribution >= 0.6 is 11.3 Å². The Morgan fingerprint density at radius 2 is 2.17 bits per heavy atom. The summed E-state index contributed by atoms with van der Waals surface area (Å²) in [4.78, 5) is 20.8. The van der Waals surface area contributed by atoms with Gasteiger partial charge in [-0.05, 0) is 24.3 Å². The van der Waals surface area contributed by atoms with E-state index in [2.05, 4.69) is 15.3 Å². The van der Waals surface area contributed by atoms with E-state index in [1.54, 1.807) is 6.20 Å². The van der Waals surface area contributed by atoms with Gasteiger partial charge < -0.3 is 10.1 Å². The lowest BCUT2D eigenvalue weighted by atomic mass is 10.1. The molecule has 3 aromatic rings. The minimum atomic E-state index is -0.191. The number of fused-ring (bicyclic) bond motifs is 1. The predicted octanol–water partition coefficient (Wildman–Crippen LogP) is 2.38. The van der Waals surface area contributed by atoms with Crippen molar-refractivity contribution < 1.29 is 4.74 Å². The van der Waals surface area contributed by atoms with E-state index in [4.69, 9.17) is 4.74 Å². The number of nitrogens with zero attached hydrogens (tertiary/aromatic N) is 2. The van der Waals surface area contributed by atoms with Crippen LogP contribution < -0.4 is 10.9 Å². The Hall–Kier alpha value is -2.15. The maximum atomic E-state index is 12.2. The fourth-order valence-electron chi connectivity index (χ4n) is 2.65. The average Bonchev–Trinajstić information content (AvgIpc) is 2.62. The number of aromatic nitrogens is 2. The molecule has 2 aromatic heterocycles. The van der Waals surface area contributed by atoms with Crippen molar-refractivity contribution in [3.8, 4) is 10.6 Å². The van der Waals surface area contributed by atoms with Crippen molar-refractivity contribution in [1.82, 2.24) is 15.3 Å². The standard InChI is InChI=1S/C17H15N3O2S/c21-16-12-3-1-2-4-15(12)23-17(20-16)11-5-6-19-13(9-11)14-10-18-7-8-22-14/h1-6,9,14,18H,7-8,10H2. The molecule has 1 fully saturated rings. The summed E-state index contributed by atoms with van der Waals surface area (Å²) in [6.45, 7) is 2.29. The first-order valence-corrected chi connectivity index (χ1v) is 8.31. The fraction of sp³-hybridized carbons (Fsp3) is 0.235. The zero-order chi connectivity index (χ0) is 15.6. The second kappa shape index (κ2) is 6.16. The van der Waals surface area contributed by atoms with Gasteiger partial charge in [-0.3, -0.25) is 9.78 Å². The van der Waals surface area contributed by atoms with Crippen molar-refractivity contribution in [1.29, 1.82) is 0 Å². The summed E-state index contributed by atoms with van der Waals surface area (Å²) in [6, 6.07) is 11.4. The molecule has 1 N–H and O–H groups in total. The summed E-state index contributed by atoms with van der Waals surface area (Å²) in [5, 5.41) is 4.67. The van der Waals surface area contributed by atoms with Gasteiger partial charge in [-0.15, -0.1) is 11.3 Å². The summed E-state index contributed by atoms with van der Waals surface area (Å²) in [7, 11) is 0. The minimum Gasteiger partial charge on any atom is -0.369 e. The second-order valence-electron chi connectivity index (χ2n) is 5.35. The highest BCUT2D eigenvalue weighted by Crippen LogP contribution is 2.27. The lowest BCUT2D eigenvalue weighted by Crippen LogP contribution is -2.33. The molecule has 116 valence electrons. The highest BCUT2D eigenvalue weighted by atomic mass is 32.1. The summed E-state index contributed by atoms with van der Waals surface area (Å²) >= 11 is 1.51. The van der Waals surface area contributed by atoms with Gasteiger partial charge in [0.05, 0.1) is 17.7 Å². The lowest BCUT2D eigenvalue weighted by Gasteiger charge is -2.23. The van der Waals surface area contributed by atoms with E-state index in [9.17, 15) is 4.79 Å². The molecule has 23 heavy (non-hydrogen) atoms. The van der Waals surface area contributed by atoms with E-state index >= 15 is 0 Å². The molecule has 5 nitrogen and oxygen atoms in total. The van der Waals surface area contributed by atoms with Gasteiger partial charge in [-0.2, -0.15) is 4.98 Å². The van der Waals surface area contributed by atoms with E-state index in [0.29, 0.717) is 17.0 Å². The molecular weight excluding hydrogens is 310 g/mol. The maximum Gasteiger partial charge on any atom is 0.279 e. The molecule has 4 rings (SSSR count). The Bertz CT molecular complexity index is 903. The highest BCUT2D eigenvalue weighted by molar-refractivity contribution is 7.21. The monoisotopic (exact) mass is 325 g/mol. The molecule has 0 aliphatic carbocycles. The number of morpholine rings is 1. The van der Waals surface area contributed by atoms with Gasteiger partial charge in [-0.1, -0.05) is 12.1 Å². The van der Waals surface area contributed by atoms with Crippen LogP contribution in [0.25, 0.3) is 20.7 Å². The Morgan fingerprint density at radius 1 is 1.26 bits per heavy atom. The molecule has 0 saturated carbocycles. The van der Waals surface area contributed by atoms with Crippen LogP contribution in [0.15, 0.2) is 47.4 Å². The van der Waals surface area contributed by atoms with Crippen LogP contribution in [0.2, 0.25) is 0 Å². The summed E-state index contributed by atoms with van der Waals surface area (Å²) in [5.41, 5.74) is 1.57. The van der Waals surface area contributed by atoms with Crippen molar-refractivity contribution in [2.45, 2.75) is 6.10 Å². The van der Waals surface area contributed by atoms with Crippen LogP contribution in [0.4, 0.5) is 0 Å². The Morgan fingerprint density at radius 3 is 3.04 bits per heavy atom. The van der Waals surface area contributed by atoms with Crippen molar-refractivity contribution in [3.63, 3.8) is 0 Å². The normalized spacial score (nSPS) is 18.2. The van der Waals surface area contributed by atoms with Gasteiger partial charge in [0.25, 0.3) is 5.56 Å². The van der Waals surface area contributed by atoms with E-state index in [0.717, 1.165) is 29.0 Å². The van der Waals surface area contributed by atoms with E-state index in [1.165, 1.54) is 11.3 Å². The van der Waals surface area contributed by atoms with Gasteiger partial charge in [0.15, 0.2) is 0 Å². The van der Waals surface area contributed by atoms with Crippen LogP contribution in [0.3, 0.4) is 0 Å². The van der Waals surface area contributed by atoms with Crippen molar-refractivity contribution in [2.24, 2.45) is 0 Å². The first-order valence-electron chi connectivity index (χ1n) is 7.50. The quantitative estimate of drug-likeness (QED) is 0.784. The van der Waals surface area contributed by atoms with Crippen LogP contribution in [0, 0.1) is 0 Å². The fourth-order valence-corrected chi connectivity index (χ4v) is 3.64. The maximum absolute atomic E-state index is 12.2. The number of benzene rings is 1. The second-order valence-corrected chi connectivity index (χ2v) is 6.38. The van der Waals surface area contributed by atoms with Gasteiger partial charge in [0.1, 0.15) is 11.1 Å². The smallest absolute Gasteiger partial charge is 0.279 e. The molecule has 1 saturated heterocycles. The summed E-state index contributed by atoms with van der Waals surface area (Å²) in [5.74, 6) is 0. The molecule has 1 aliphatic rings. The molecule has 0 radical (unpaired) electrons. The molecule has 6 heteroatoms. The van der Waals surface area contributed by atoms with Gasteiger partial charge in [0, 0.05) is 29.5 Å². The van der Waals surface area contributed by atoms with E-state index in [-0.39, 0.29) is 11.7 Å². The molecule has 1 aliphatic heterocycles. The third kappa shape index (κ3) is 2.88. The Kier molecular flexibility index (Phi) is 3.87. The first kappa shape index (κ1) is 14.4. The third-order valence-electron chi connectivity index (χ3n) is 3.81. The van der Waals surface area contributed by atoms with Crippen LogP contribution in [-0.4, -0.2) is 29.7 Å². The topological polar surface area (TPSA) is 64.1 Å². The average molecular weight is 325 g/mol. The Balaban J connectivity index is 1.77. The number of rotatable bonds is 2. The summed E-state index contributed by atoms with van der Waals surface area (Å²) < 4.78 is 6.69. The summed E-state index contributed by atoms with van der Waals surface area (Å²) in [6.07, 6.45) is 1.69. The van der Waals surface area contributed by atoms with Crippen molar-refractivity contribution >= 4 is 21.4 Å². The molecule has 1 atom stereocenters. The highest BCUT2D eigenvalue weighted by Gasteiger charge is 2.18. The molecular formula is C17H15N3O2S. The van der Waals surface area contributed by atoms with Crippen molar-refractivity contribution in [3.05, 3.63) is 58.6 Å². The third-order valence-corrected chi connectivity index (χ3v) is 4.91. The van der Waals surface area contributed by atoms with Crippen LogP contribution in [0.5, 0.6) is 0 Å². The predicted molar refractivity (Wildman–Crippen MR) is 90.7 cm³/mol. The molecule has 0 bridgehead atoms. The SMILES string of the molecule is O=c1nc(-c2ccnc(C3CNCCO3)c2)sc2ccccc12. The van der Waals surface area contributed by atoms with Crippen LogP contribution in [0.1, 0.15) is 11.8 Å². The minimum absolute atomic E-state index is 0.0547. The number of nitrogens with one attached hydrogen (secondary N) is 1. The number of ether oxygens (including phenoxy) is 1. The van der Waals surface area contributed by atoms with Crippen molar-refractivity contribution in [2.75, 3.05) is 19.7 Å². The number of pyridine rings is 1. The molecule has 1 aromatic carbocycles. The first-order chi connectivity index (χ1) is 11.3. The zero-order valence-corrected chi connectivity index (χ0v) is 13.2. The van der Waals surface area contributed by atoms with Gasteiger partial charge in [-0.25, -0.2) is 0 Å². The molecule has 3 heterocycles. The Labute approximate surface area is 137 Å². The molecule has 0 amide bonds. The lowest BCUT2D eigenvalue weighted by molar-refractivity contribution is 0.0250. The van der Waals surface area contributed by atoms with E-state index < -0.39 is 0 Å². The zero-order valence-electron chi connectivity index (χ0n) is 12.4. The van der Waals surface area contributed by atoms with Gasteiger partial charge >= 0.3 is 0 Å². The molecule has 0 spiro atoms. The van der Waals surface area contributed by atoms with E-state index in [1.807, 2.05) is 36.4 Å². The largest absolute Gasteiger partial charge is 0.369 e. The number of hydrogen-bond donors (Lipinski definition) is 1. The van der Waals surface area contributed by atoms with Gasteiger partial charge in [0.2, 0.25) is 0 Å².